The van der Waals surface area contributed by atoms with Gasteiger partial charge in [-0.1, -0.05) is 13.3 Å². The van der Waals surface area contributed by atoms with Crippen LogP contribution in [0.4, 0.5) is 0 Å². The van der Waals surface area contributed by atoms with E-state index in [9.17, 15) is 5.11 Å². The van der Waals surface area contributed by atoms with Crippen molar-refractivity contribution in [3.63, 3.8) is 0 Å². The van der Waals surface area contributed by atoms with Crippen molar-refractivity contribution in [3.8, 4) is 0 Å². The average molecular weight is 292 g/mol. The molecule has 0 saturated carbocycles. The van der Waals surface area contributed by atoms with Crippen LogP contribution in [-0.2, 0) is 0 Å². The maximum absolute atomic E-state index is 9.58. The van der Waals surface area contributed by atoms with Crippen LogP contribution in [-0.4, -0.2) is 17.8 Å². The van der Waals surface area contributed by atoms with Crippen molar-refractivity contribution in [1.29, 1.82) is 0 Å². The van der Waals surface area contributed by atoms with Crippen LogP contribution < -0.4 is 5.32 Å². The van der Waals surface area contributed by atoms with Gasteiger partial charge in [0.2, 0.25) is 0 Å². The summed E-state index contributed by atoms with van der Waals surface area (Å²) in [4.78, 5) is 1.30. The maximum atomic E-state index is 9.58. The first-order chi connectivity index (χ1) is 7.13. The molecule has 0 radical (unpaired) electrons. The van der Waals surface area contributed by atoms with E-state index in [1.807, 2.05) is 0 Å². The molecule has 86 valence electrons. The zero-order chi connectivity index (χ0) is 11.3. The Bertz CT molecular complexity index is 290. The van der Waals surface area contributed by atoms with Crippen LogP contribution in [0.25, 0.3) is 0 Å². The van der Waals surface area contributed by atoms with Crippen LogP contribution in [0.1, 0.15) is 37.6 Å². The highest BCUT2D eigenvalue weighted by molar-refractivity contribution is 9.11. The molecule has 0 aromatic carbocycles. The van der Waals surface area contributed by atoms with Gasteiger partial charge in [-0.05, 0) is 41.4 Å². The van der Waals surface area contributed by atoms with Crippen LogP contribution >= 0.6 is 27.3 Å². The summed E-state index contributed by atoms with van der Waals surface area (Å²) in [6.07, 6.45) is 1.68. The van der Waals surface area contributed by atoms with Crippen molar-refractivity contribution >= 4 is 27.3 Å². The highest BCUT2D eigenvalue weighted by Crippen LogP contribution is 2.26. The number of halogens is 1. The quantitative estimate of drug-likeness (QED) is 0.843. The summed E-state index contributed by atoms with van der Waals surface area (Å²) in [7, 11) is 0. The van der Waals surface area contributed by atoms with Crippen molar-refractivity contribution < 1.29 is 5.11 Å². The normalized spacial score (nSPS) is 15.2. The Morgan fingerprint density at radius 3 is 2.80 bits per heavy atom. The molecule has 1 heterocycles. The van der Waals surface area contributed by atoms with E-state index in [4.69, 9.17) is 0 Å². The molecule has 0 aliphatic heterocycles. The number of hydrogen-bond acceptors (Lipinski definition) is 3. The molecule has 4 heteroatoms. The topological polar surface area (TPSA) is 32.3 Å². The van der Waals surface area contributed by atoms with Gasteiger partial charge in [-0.15, -0.1) is 11.3 Å². The second-order valence-corrected chi connectivity index (χ2v) is 6.21. The minimum Gasteiger partial charge on any atom is -0.392 e. The maximum Gasteiger partial charge on any atom is 0.0701 e. The Morgan fingerprint density at radius 1 is 1.53 bits per heavy atom. The number of aliphatic hydroxyl groups is 1. The Labute approximate surface area is 104 Å². The summed E-state index contributed by atoms with van der Waals surface area (Å²) in [5, 5.41) is 12.9. The van der Waals surface area contributed by atoms with Gasteiger partial charge in [-0.3, -0.25) is 0 Å². The second kappa shape index (κ2) is 6.63. The molecule has 0 bridgehead atoms. The van der Waals surface area contributed by atoms with E-state index in [1.54, 1.807) is 11.3 Å². The molecule has 2 atom stereocenters. The van der Waals surface area contributed by atoms with E-state index in [2.05, 4.69) is 47.2 Å². The third-order valence-corrected chi connectivity index (χ3v) is 4.11. The molecule has 1 rings (SSSR count). The first-order valence-corrected chi connectivity index (χ1v) is 6.91. The van der Waals surface area contributed by atoms with Gasteiger partial charge in [0.05, 0.1) is 9.89 Å². The number of aliphatic hydroxyl groups excluding tert-OH is 1. The van der Waals surface area contributed by atoms with E-state index in [0.717, 1.165) is 16.6 Å². The fourth-order valence-corrected chi connectivity index (χ4v) is 2.86. The molecule has 15 heavy (non-hydrogen) atoms. The third kappa shape index (κ3) is 4.64. The van der Waals surface area contributed by atoms with Crippen LogP contribution in [0.5, 0.6) is 0 Å². The molecule has 0 saturated heterocycles. The second-order valence-electron chi connectivity index (χ2n) is 3.71. The van der Waals surface area contributed by atoms with Crippen molar-refractivity contribution in [3.05, 3.63) is 20.8 Å². The average Bonchev–Trinajstić information content (AvgIpc) is 2.62. The minimum absolute atomic E-state index is 0.221. The van der Waals surface area contributed by atoms with Gasteiger partial charge >= 0.3 is 0 Å². The fraction of sp³-hybridized carbons (Fsp3) is 0.636. The lowest BCUT2D eigenvalue weighted by molar-refractivity contribution is 0.157. The lowest BCUT2D eigenvalue weighted by Crippen LogP contribution is -2.28. The first kappa shape index (κ1) is 13.2. The van der Waals surface area contributed by atoms with Crippen LogP contribution in [0.2, 0.25) is 0 Å². The van der Waals surface area contributed by atoms with E-state index < -0.39 is 0 Å². The molecule has 0 amide bonds. The van der Waals surface area contributed by atoms with Crippen molar-refractivity contribution in [2.24, 2.45) is 0 Å². The molecule has 2 nitrogen and oxygen atoms in total. The summed E-state index contributed by atoms with van der Waals surface area (Å²) in [6.45, 7) is 4.88. The lowest BCUT2D eigenvalue weighted by atomic mass is 10.2. The highest BCUT2D eigenvalue weighted by atomic mass is 79.9. The largest absolute Gasteiger partial charge is 0.392 e. The van der Waals surface area contributed by atoms with Gasteiger partial charge in [0.15, 0.2) is 0 Å². The van der Waals surface area contributed by atoms with Gasteiger partial charge in [0.1, 0.15) is 0 Å². The Kier molecular flexibility index (Phi) is 5.82. The zero-order valence-electron chi connectivity index (χ0n) is 9.16. The molecule has 0 spiro atoms. The Hall–Kier alpha value is 0.1000. The smallest absolute Gasteiger partial charge is 0.0701 e. The first-order valence-electron chi connectivity index (χ1n) is 5.30. The predicted molar refractivity (Wildman–Crippen MR) is 69.4 cm³/mol. The lowest BCUT2D eigenvalue weighted by Gasteiger charge is -2.15. The van der Waals surface area contributed by atoms with Crippen LogP contribution in [0.3, 0.4) is 0 Å². The highest BCUT2D eigenvalue weighted by Gasteiger charge is 2.09. The molecule has 2 unspecified atom stereocenters. The monoisotopic (exact) mass is 291 g/mol. The van der Waals surface area contributed by atoms with Crippen molar-refractivity contribution in [1.82, 2.24) is 5.32 Å². The Balaban J connectivity index is 2.33. The van der Waals surface area contributed by atoms with Crippen molar-refractivity contribution in [2.75, 3.05) is 6.54 Å². The molecule has 0 aliphatic rings. The molecule has 0 fully saturated rings. The zero-order valence-corrected chi connectivity index (χ0v) is 11.6. The van der Waals surface area contributed by atoms with E-state index in [1.165, 1.54) is 4.88 Å². The molecular formula is C11H18BrNOS. The molecule has 1 aromatic rings. The van der Waals surface area contributed by atoms with Gasteiger partial charge < -0.3 is 10.4 Å². The van der Waals surface area contributed by atoms with Crippen LogP contribution in [0, 0.1) is 0 Å². The van der Waals surface area contributed by atoms with E-state index in [-0.39, 0.29) is 6.10 Å². The third-order valence-electron chi connectivity index (χ3n) is 2.30. The molecule has 2 N–H and O–H groups in total. The summed E-state index contributed by atoms with van der Waals surface area (Å²) in [5.74, 6) is 0. The van der Waals surface area contributed by atoms with Crippen LogP contribution in [0.15, 0.2) is 15.9 Å². The Morgan fingerprint density at radius 2 is 2.27 bits per heavy atom. The summed E-state index contributed by atoms with van der Waals surface area (Å²) in [6, 6.07) is 4.48. The molecule has 1 aromatic heterocycles. The van der Waals surface area contributed by atoms with Crippen molar-refractivity contribution in [2.45, 2.75) is 38.8 Å². The summed E-state index contributed by atoms with van der Waals surface area (Å²) < 4.78 is 1.15. The van der Waals surface area contributed by atoms with Gasteiger partial charge in [0, 0.05) is 17.5 Å². The summed E-state index contributed by atoms with van der Waals surface area (Å²) >= 11 is 5.18. The molecule has 0 aliphatic carbocycles. The number of rotatable bonds is 6. The standard InChI is InChI=1S/C11H18BrNOS/c1-3-4-9(14)7-13-8(2)10-5-6-11(12)15-10/h5-6,8-9,13-14H,3-4,7H2,1-2H3. The van der Waals surface area contributed by atoms with E-state index >= 15 is 0 Å². The number of nitrogens with one attached hydrogen (secondary N) is 1. The number of thiophene rings is 1. The predicted octanol–water partition coefficient (Wildman–Crippen LogP) is 3.32. The number of hydrogen-bond donors (Lipinski definition) is 2. The SMILES string of the molecule is CCCC(O)CNC(C)c1ccc(Br)s1. The van der Waals surface area contributed by atoms with Gasteiger partial charge in [0.25, 0.3) is 0 Å². The minimum atomic E-state index is -0.221. The van der Waals surface area contributed by atoms with Gasteiger partial charge in [-0.2, -0.15) is 0 Å². The fourth-order valence-electron chi connectivity index (χ4n) is 1.41. The van der Waals surface area contributed by atoms with Gasteiger partial charge in [-0.25, -0.2) is 0 Å². The molecular weight excluding hydrogens is 274 g/mol. The summed E-state index contributed by atoms with van der Waals surface area (Å²) in [5.41, 5.74) is 0. The van der Waals surface area contributed by atoms with E-state index in [0.29, 0.717) is 12.6 Å².